The molecular weight excluding hydrogens is 440 g/mol. The third kappa shape index (κ3) is 5.63. The molecule has 2 heterocycles. The molecule has 0 bridgehead atoms. The molecule has 3 rings (SSSR count). The highest BCUT2D eigenvalue weighted by molar-refractivity contribution is 5.95. The van der Waals surface area contributed by atoms with E-state index in [9.17, 15) is 9.59 Å². The van der Waals surface area contributed by atoms with Crippen molar-refractivity contribution >= 4 is 12.0 Å². The topological polar surface area (TPSA) is 102 Å². The Hall–Kier alpha value is -3.24. The Bertz CT molecular complexity index is 940. The van der Waals surface area contributed by atoms with E-state index in [1.54, 1.807) is 19.1 Å². The van der Waals surface area contributed by atoms with Crippen molar-refractivity contribution < 1.29 is 28.5 Å². The molecule has 0 aliphatic carbocycles. The number of ether oxygens (including phenoxy) is 4. The Morgan fingerprint density at radius 3 is 2.26 bits per heavy atom. The third-order valence-corrected chi connectivity index (χ3v) is 5.93. The Kier molecular flexibility index (Phi) is 8.78. The molecule has 0 unspecified atom stereocenters. The summed E-state index contributed by atoms with van der Waals surface area (Å²) >= 11 is 0. The summed E-state index contributed by atoms with van der Waals surface area (Å²) in [7, 11) is 4.57. The van der Waals surface area contributed by atoms with Crippen molar-refractivity contribution in [3.63, 3.8) is 0 Å². The van der Waals surface area contributed by atoms with Crippen molar-refractivity contribution in [1.29, 1.82) is 0 Å². The molecule has 10 heteroatoms. The zero-order valence-corrected chi connectivity index (χ0v) is 20.3. The van der Waals surface area contributed by atoms with Crippen LogP contribution in [0, 0.1) is 0 Å². The van der Waals surface area contributed by atoms with Gasteiger partial charge in [-0.15, -0.1) is 6.58 Å². The van der Waals surface area contributed by atoms with Gasteiger partial charge in [0.25, 0.3) is 0 Å². The molecule has 0 saturated carbocycles. The highest BCUT2D eigenvalue weighted by Crippen LogP contribution is 2.41. The van der Waals surface area contributed by atoms with Crippen LogP contribution in [0.5, 0.6) is 17.2 Å². The number of urea groups is 1. The summed E-state index contributed by atoms with van der Waals surface area (Å²) in [6.07, 6.45) is 1.89. The SMILES string of the molecule is C=CCN1CCN(CC2=C(C(=O)OCC)[C@H](c3cc(OC)c(OC)cc3OC)NC(=O)N2)CC1. The summed E-state index contributed by atoms with van der Waals surface area (Å²) in [4.78, 5) is 30.4. The number of amides is 2. The van der Waals surface area contributed by atoms with Gasteiger partial charge in [-0.3, -0.25) is 9.80 Å². The van der Waals surface area contributed by atoms with E-state index in [0.717, 1.165) is 32.7 Å². The van der Waals surface area contributed by atoms with E-state index in [1.807, 2.05) is 6.08 Å². The number of hydrogen-bond acceptors (Lipinski definition) is 8. The molecule has 1 saturated heterocycles. The Balaban J connectivity index is 2.01. The van der Waals surface area contributed by atoms with Crippen molar-refractivity contribution in [2.45, 2.75) is 13.0 Å². The molecule has 0 radical (unpaired) electrons. The maximum atomic E-state index is 13.1. The van der Waals surface area contributed by atoms with Crippen LogP contribution < -0.4 is 24.8 Å². The van der Waals surface area contributed by atoms with E-state index < -0.39 is 18.0 Å². The van der Waals surface area contributed by atoms with Gasteiger partial charge in [0.15, 0.2) is 11.5 Å². The Labute approximate surface area is 200 Å². The number of nitrogens with zero attached hydrogens (tertiary/aromatic N) is 2. The second-order valence-electron chi connectivity index (χ2n) is 7.96. The van der Waals surface area contributed by atoms with E-state index in [4.69, 9.17) is 18.9 Å². The van der Waals surface area contributed by atoms with Gasteiger partial charge >= 0.3 is 12.0 Å². The van der Waals surface area contributed by atoms with Crippen LogP contribution >= 0.6 is 0 Å². The molecular formula is C24H34N4O6. The van der Waals surface area contributed by atoms with Gasteiger partial charge < -0.3 is 29.6 Å². The smallest absolute Gasteiger partial charge is 0.338 e. The number of carbonyl (C=O) groups excluding carboxylic acids is 2. The molecule has 186 valence electrons. The molecule has 2 amide bonds. The van der Waals surface area contributed by atoms with Crippen molar-refractivity contribution in [2.75, 3.05) is 67.2 Å². The van der Waals surface area contributed by atoms with Gasteiger partial charge in [-0.25, -0.2) is 9.59 Å². The molecule has 2 aliphatic heterocycles. The summed E-state index contributed by atoms with van der Waals surface area (Å²) in [6, 6.07) is 2.18. The van der Waals surface area contributed by atoms with Gasteiger partial charge in [0.05, 0.1) is 39.6 Å². The minimum absolute atomic E-state index is 0.208. The van der Waals surface area contributed by atoms with Gasteiger partial charge in [-0.1, -0.05) is 6.08 Å². The van der Waals surface area contributed by atoms with Crippen LogP contribution in [-0.4, -0.2) is 89.0 Å². The first-order valence-corrected chi connectivity index (χ1v) is 11.3. The minimum Gasteiger partial charge on any atom is -0.496 e. The maximum Gasteiger partial charge on any atom is 0.338 e. The number of piperazine rings is 1. The molecule has 2 aliphatic rings. The maximum absolute atomic E-state index is 13.1. The molecule has 0 aromatic heterocycles. The highest BCUT2D eigenvalue weighted by atomic mass is 16.5. The normalized spacial score (nSPS) is 19.2. The quantitative estimate of drug-likeness (QED) is 0.390. The van der Waals surface area contributed by atoms with E-state index in [0.29, 0.717) is 40.6 Å². The van der Waals surface area contributed by atoms with Crippen molar-refractivity contribution in [2.24, 2.45) is 0 Å². The Morgan fingerprint density at radius 2 is 1.68 bits per heavy atom. The van der Waals surface area contributed by atoms with E-state index in [-0.39, 0.29) is 6.61 Å². The highest BCUT2D eigenvalue weighted by Gasteiger charge is 2.36. The largest absolute Gasteiger partial charge is 0.496 e. The fraction of sp³-hybridized carbons (Fsp3) is 0.500. The van der Waals surface area contributed by atoms with Crippen molar-refractivity contribution in [3.8, 4) is 17.2 Å². The summed E-state index contributed by atoms with van der Waals surface area (Å²) in [5.41, 5.74) is 1.41. The lowest BCUT2D eigenvalue weighted by Gasteiger charge is -2.36. The van der Waals surface area contributed by atoms with Gasteiger partial charge in [-0.05, 0) is 13.0 Å². The third-order valence-electron chi connectivity index (χ3n) is 5.93. The van der Waals surface area contributed by atoms with Crippen LogP contribution in [0.1, 0.15) is 18.5 Å². The van der Waals surface area contributed by atoms with Crippen LogP contribution in [0.25, 0.3) is 0 Å². The van der Waals surface area contributed by atoms with Crippen LogP contribution in [0.4, 0.5) is 4.79 Å². The average Bonchev–Trinajstić information content (AvgIpc) is 2.84. The van der Waals surface area contributed by atoms with Crippen LogP contribution in [0.3, 0.4) is 0 Å². The zero-order valence-electron chi connectivity index (χ0n) is 20.3. The number of rotatable bonds is 10. The van der Waals surface area contributed by atoms with E-state index >= 15 is 0 Å². The first-order chi connectivity index (χ1) is 16.4. The standard InChI is InChI=1S/C24H34N4O6/c1-6-8-27-9-11-28(12-10-27)15-17-21(23(29)34-7-2)22(26-24(30)25-17)16-13-19(32-4)20(33-5)14-18(16)31-3/h6,13-14,22H,1,7-12,15H2,2-5H3,(H2,25,26,30)/t22-/m0/s1. The van der Waals surface area contributed by atoms with Crippen LogP contribution in [-0.2, 0) is 9.53 Å². The average molecular weight is 475 g/mol. The monoisotopic (exact) mass is 474 g/mol. The lowest BCUT2D eigenvalue weighted by molar-refractivity contribution is -0.139. The summed E-state index contributed by atoms with van der Waals surface area (Å²) in [5, 5.41) is 5.69. The Morgan fingerprint density at radius 1 is 1.06 bits per heavy atom. The van der Waals surface area contributed by atoms with Crippen LogP contribution in [0.15, 0.2) is 36.1 Å². The fourth-order valence-corrected chi connectivity index (χ4v) is 4.24. The van der Waals surface area contributed by atoms with E-state index in [2.05, 4.69) is 27.0 Å². The first-order valence-electron chi connectivity index (χ1n) is 11.3. The molecule has 34 heavy (non-hydrogen) atoms. The fourth-order valence-electron chi connectivity index (χ4n) is 4.24. The molecule has 1 aromatic carbocycles. The second-order valence-corrected chi connectivity index (χ2v) is 7.96. The number of carbonyl (C=O) groups is 2. The van der Waals surface area contributed by atoms with Crippen molar-refractivity contribution in [1.82, 2.24) is 20.4 Å². The molecule has 2 N–H and O–H groups in total. The summed E-state index contributed by atoms with van der Waals surface area (Å²) in [6.45, 7) is 10.4. The van der Waals surface area contributed by atoms with Crippen molar-refractivity contribution in [3.05, 3.63) is 41.6 Å². The van der Waals surface area contributed by atoms with E-state index in [1.165, 1.54) is 21.3 Å². The molecule has 1 fully saturated rings. The summed E-state index contributed by atoms with van der Waals surface area (Å²) in [5.74, 6) is 0.873. The predicted octanol–water partition coefficient (Wildman–Crippen LogP) is 1.69. The van der Waals surface area contributed by atoms with Gasteiger partial charge in [-0.2, -0.15) is 0 Å². The lowest BCUT2D eigenvalue weighted by Crippen LogP contribution is -2.51. The lowest BCUT2D eigenvalue weighted by atomic mass is 9.93. The zero-order chi connectivity index (χ0) is 24.7. The predicted molar refractivity (Wildman–Crippen MR) is 127 cm³/mol. The second kappa shape index (κ2) is 11.8. The summed E-state index contributed by atoms with van der Waals surface area (Å²) < 4.78 is 21.8. The number of nitrogens with one attached hydrogen (secondary N) is 2. The van der Waals surface area contributed by atoms with Gasteiger partial charge in [0, 0.05) is 56.6 Å². The van der Waals surface area contributed by atoms with Gasteiger partial charge in [0.1, 0.15) is 5.75 Å². The molecule has 0 spiro atoms. The first kappa shape index (κ1) is 25.4. The van der Waals surface area contributed by atoms with Gasteiger partial charge in [0.2, 0.25) is 0 Å². The number of hydrogen-bond donors (Lipinski definition) is 2. The molecule has 1 atom stereocenters. The van der Waals surface area contributed by atoms with Crippen LogP contribution in [0.2, 0.25) is 0 Å². The molecule has 10 nitrogen and oxygen atoms in total. The number of esters is 1. The minimum atomic E-state index is -0.792. The number of benzene rings is 1. The molecule has 1 aromatic rings. The number of methoxy groups -OCH3 is 3.